The van der Waals surface area contributed by atoms with E-state index in [4.69, 9.17) is 0 Å². The van der Waals surface area contributed by atoms with Crippen molar-refractivity contribution in [2.24, 2.45) is 5.92 Å². The SMILES string of the molecule is CN(CC1CC(Br)C1)c1ccccc1C(F)(F)F. The van der Waals surface area contributed by atoms with Gasteiger partial charge in [-0.25, -0.2) is 0 Å². The standard InChI is InChI=1S/C13H15BrF3N/c1-18(8-9-6-10(14)7-9)12-5-3-2-4-11(12)13(15,16)17/h2-5,9-10H,6-8H2,1H3. The smallest absolute Gasteiger partial charge is 0.374 e. The van der Waals surface area contributed by atoms with Gasteiger partial charge < -0.3 is 4.90 Å². The molecule has 0 aromatic heterocycles. The Hall–Kier alpha value is -0.710. The maximum Gasteiger partial charge on any atom is 0.418 e. The van der Waals surface area contributed by atoms with E-state index in [2.05, 4.69) is 15.9 Å². The monoisotopic (exact) mass is 321 g/mol. The van der Waals surface area contributed by atoms with Crippen molar-refractivity contribution in [3.05, 3.63) is 29.8 Å². The Kier molecular flexibility index (Phi) is 3.90. The van der Waals surface area contributed by atoms with Gasteiger partial charge in [0.15, 0.2) is 0 Å². The number of nitrogens with zero attached hydrogens (tertiary/aromatic N) is 1. The summed E-state index contributed by atoms with van der Waals surface area (Å²) in [5, 5.41) is 0. The molecule has 2 rings (SSSR count). The Morgan fingerprint density at radius 3 is 2.44 bits per heavy atom. The first kappa shape index (κ1) is 13.7. The fraction of sp³-hybridized carbons (Fsp3) is 0.538. The fourth-order valence-electron chi connectivity index (χ4n) is 2.34. The summed E-state index contributed by atoms with van der Waals surface area (Å²) < 4.78 is 38.6. The quantitative estimate of drug-likeness (QED) is 0.750. The summed E-state index contributed by atoms with van der Waals surface area (Å²) >= 11 is 3.49. The molecular weight excluding hydrogens is 307 g/mol. The van der Waals surface area contributed by atoms with Crippen molar-refractivity contribution in [1.82, 2.24) is 0 Å². The van der Waals surface area contributed by atoms with E-state index in [1.807, 2.05) is 0 Å². The summed E-state index contributed by atoms with van der Waals surface area (Å²) in [4.78, 5) is 2.25. The van der Waals surface area contributed by atoms with Gasteiger partial charge in [0.25, 0.3) is 0 Å². The van der Waals surface area contributed by atoms with Crippen molar-refractivity contribution in [3.8, 4) is 0 Å². The lowest BCUT2D eigenvalue weighted by Gasteiger charge is -2.35. The number of anilines is 1. The maximum absolute atomic E-state index is 12.9. The minimum atomic E-state index is -4.29. The molecule has 0 unspecified atom stereocenters. The van der Waals surface area contributed by atoms with Gasteiger partial charge in [0.2, 0.25) is 0 Å². The molecule has 0 saturated heterocycles. The molecular formula is C13H15BrF3N. The Morgan fingerprint density at radius 1 is 1.28 bits per heavy atom. The van der Waals surface area contributed by atoms with Crippen LogP contribution in [0.15, 0.2) is 24.3 Å². The molecule has 1 aromatic rings. The van der Waals surface area contributed by atoms with Crippen LogP contribution < -0.4 is 4.90 Å². The van der Waals surface area contributed by atoms with Crippen molar-refractivity contribution >= 4 is 21.6 Å². The van der Waals surface area contributed by atoms with E-state index >= 15 is 0 Å². The molecule has 0 N–H and O–H groups in total. The number of para-hydroxylation sites is 1. The van der Waals surface area contributed by atoms with E-state index in [0.717, 1.165) is 18.9 Å². The second-order valence-electron chi connectivity index (χ2n) is 4.83. The van der Waals surface area contributed by atoms with Crippen LogP contribution in [-0.2, 0) is 6.18 Å². The number of halogens is 4. The third kappa shape index (κ3) is 2.99. The van der Waals surface area contributed by atoms with E-state index in [0.29, 0.717) is 17.3 Å². The Morgan fingerprint density at radius 2 is 1.89 bits per heavy atom. The van der Waals surface area contributed by atoms with Gasteiger partial charge in [-0.05, 0) is 30.9 Å². The minimum absolute atomic E-state index is 0.267. The van der Waals surface area contributed by atoms with Crippen molar-refractivity contribution in [2.45, 2.75) is 23.8 Å². The molecule has 18 heavy (non-hydrogen) atoms. The molecule has 0 bridgehead atoms. The van der Waals surface area contributed by atoms with Crippen molar-refractivity contribution in [1.29, 1.82) is 0 Å². The molecule has 1 aromatic carbocycles. The summed E-state index contributed by atoms with van der Waals surface area (Å²) in [6.45, 7) is 0.676. The molecule has 0 atom stereocenters. The van der Waals surface area contributed by atoms with Crippen molar-refractivity contribution < 1.29 is 13.2 Å². The zero-order valence-corrected chi connectivity index (χ0v) is 11.6. The van der Waals surface area contributed by atoms with Crippen LogP contribution in [0.2, 0.25) is 0 Å². The maximum atomic E-state index is 12.9. The number of hydrogen-bond donors (Lipinski definition) is 0. The van der Waals surface area contributed by atoms with Gasteiger partial charge >= 0.3 is 6.18 Å². The summed E-state index contributed by atoms with van der Waals surface area (Å²) in [7, 11) is 1.73. The second kappa shape index (κ2) is 5.11. The van der Waals surface area contributed by atoms with Crippen LogP contribution in [0, 0.1) is 5.92 Å². The van der Waals surface area contributed by atoms with Gasteiger partial charge in [-0.2, -0.15) is 13.2 Å². The van der Waals surface area contributed by atoms with Crippen molar-refractivity contribution in [3.63, 3.8) is 0 Å². The molecule has 5 heteroatoms. The third-order valence-corrected chi connectivity index (χ3v) is 4.08. The first-order valence-corrected chi connectivity index (χ1v) is 6.81. The van der Waals surface area contributed by atoms with E-state index in [9.17, 15) is 13.2 Å². The molecule has 1 saturated carbocycles. The van der Waals surface area contributed by atoms with Gasteiger partial charge in [0, 0.05) is 24.1 Å². The highest BCUT2D eigenvalue weighted by atomic mass is 79.9. The average molecular weight is 322 g/mol. The summed E-state index contributed by atoms with van der Waals surface area (Å²) in [6.07, 6.45) is -2.21. The molecule has 1 nitrogen and oxygen atoms in total. The molecule has 1 aliphatic carbocycles. The van der Waals surface area contributed by atoms with Crippen molar-refractivity contribution in [2.75, 3.05) is 18.5 Å². The van der Waals surface area contributed by atoms with Gasteiger partial charge in [0.05, 0.1) is 5.56 Å². The Labute approximate surface area is 113 Å². The normalized spacial score (nSPS) is 23.6. The van der Waals surface area contributed by atoms with Gasteiger partial charge in [-0.1, -0.05) is 28.1 Å². The number of rotatable bonds is 3. The molecule has 0 radical (unpaired) electrons. The van der Waals surface area contributed by atoms with Crippen LogP contribution >= 0.6 is 15.9 Å². The predicted octanol–water partition coefficient (Wildman–Crippen LogP) is 4.32. The van der Waals surface area contributed by atoms with Crippen LogP contribution in [0.3, 0.4) is 0 Å². The molecule has 100 valence electrons. The largest absolute Gasteiger partial charge is 0.418 e. The van der Waals surface area contributed by atoms with Gasteiger partial charge in [0.1, 0.15) is 0 Å². The fourth-order valence-corrected chi connectivity index (χ4v) is 3.39. The highest BCUT2D eigenvalue weighted by Gasteiger charge is 2.35. The average Bonchev–Trinajstić information content (AvgIpc) is 2.26. The van der Waals surface area contributed by atoms with Gasteiger partial charge in [-0.15, -0.1) is 0 Å². The molecule has 1 aliphatic rings. The topological polar surface area (TPSA) is 3.24 Å². The van der Waals surface area contributed by atoms with Crippen LogP contribution in [0.25, 0.3) is 0 Å². The highest BCUT2D eigenvalue weighted by Crippen LogP contribution is 2.38. The molecule has 0 spiro atoms. The van der Waals surface area contributed by atoms with E-state index in [1.54, 1.807) is 18.0 Å². The summed E-state index contributed by atoms with van der Waals surface area (Å²) in [6, 6.07) is 5.75. The first-order valence-electron chi connectivity index (χ1n) is 5.89. The van der Waals surface area contributed by atoms with Gasteiger partial charge in [-0.3, -0.25) is 0 Å². The van der Waals surface area contributed by atoms with E-state index in [1.165, 1.54) is 12.1 Å². The predicted molar refractivity (Wildman–Crippen MR) is 70.2 cm³/mol. The second-order valence-corrected chi connectivity index (χ2v) is 6.13. The zero-order valence-electron chi connectivity index (χ0n) is 10.0. The lowest BCUT2D eigenvalue weighted by atomic mass is 9.85. The molecule has 0 aliphatic heterocycles. The lowest BCUT2D eigenvalue weighted by molar-refractivity contribution is -0.137. The minimum Gasteiger partial charge on any atom is -0.374 e. The van der Waals surface area contributed by atoms with Crippen LogP contribution in [-0.4, -0.2) is 18.4 Å². The Bertz CT molecular complexity index is 413. The highest BCUT2D eigenvalue weighted by molar-refractivity contribution is 9.09. The van der Waals surface area contributed by atoms with E-state index < -0.39 is 11.7 Å². The Balaban J connectivity index is 2.12. The van der Waals surface area contributed by atoms with E-state index in [-0.39, 0.29) is 5.69 Å². The lowest BCUT2D eigenvalue weighted by Crippen LogP contribution is -2.35. The first-order chi connectivity index (χ1) is 8.38. The van der Waals surface area contributed by atoms with Crippen LogP contribution in [0.1, 0.15) is 18.4 Å². The van der Waals surface area contributed by atoms with Crippen LogP contribution in [0.5, 0.6) is 0 Å². The molecule has 0 amide bonds. The molecule has 0 heterocycles. The third-order valence-electron chi connectivity index (χ3n) is 3.33. The number of hydrogen-bond acceptors (Lipinski definition) is 1. The molecule has 1 fully saturated rings. The summed E-state index contributed by atoms with van der Waals surface area (Å²) in [5.74, 6) is 0.487. The number of benzene rings is 1. The summed E-state index contributed by atoms with van der Waals surface area (Å²) in [5.41, 5.74) is -0.287. The van der Waals surface area contributed by atoms with Crippen LogP contribution in [0.4, 0.5) is 18.9 Å². The number of alkyl halides is 4. The zero-order chi connectivity index (χ0) is 13.3.